The van der Waals surface area contributed by atoms with Crippen LogP contribution in [0.5, 0.6) is 0 Å². The van der Waals surface area contributed by atoms with Crippen LogP contribution in [0.2, 0.25) is 10.2 Å². The van der Waals surface area contributed by atoms with Crippen molar-refractivity contribution in [1.82, 2.24) is 10.3 Å². The van der Waals surface area contributed by atoms with E-state index in [4.69, 9.17) is 33.0 Å². The van der Waals surface area contributed by atoms with Gasteiger partial charge in [-0.2, -0.15) is 0 Å². The summed E-state index contributed by atoms with van der Waals surface area (Å²) in [5.74, 6) is -0.339. The van der Waals surface area contributed by atoms with E-state index >= 15 is 0 Å². The van der Waals surface area contributed by atoms with E-state index in [9.17, 15) is 4.79 Å². The van der Waals surface area contributed by atoms with Gasteiger partial charge < -0.3 is 20.1 Å². The van der Waals surface area contributed by atoms with Crippen molar-refractivity contribution < 1.29 is 14.6 Å². The van der Waals surface area contributed by atoms with Gasteiger partial charge in [0.1, 0.15) is 10.8 Å². The Labute approximate surface area is 109 Å². The summed E-state index contributed by atoms with van der Waals surface area (Å²) in [5, 5.41) is 12.1. The zero-order valence-electron chi connectivity index (χ0n) is 9.30. The van der Waals surface area contributed by atoms with Gasteiger partial charge in [-0.15, -0.1) is 0 Å². The van der Waals surface area contributed by atoms with Crippen LogP contribution in [-0.2, 0) is 4.74 Å². The molecule has 0 aliphatic carbocycles. The molecule has 0 fully saturated rings. The number of carbonyl (C=O) groups is 1. The maximum Gasteiger partial charge on any atom is 0.268 e. The van der Waals surface area contributed by atoms with Gasteiger partial charge >= 0.3 is 0 Å². The fourth-order valence-corrected chi connectivity index (χ4v) is 1.66. The largest absolute Gasteiger partial charge is 0.396 e. The smallest absolute Gasteiger partial charge is 0.268 e. The number of methoxy groups -OCH3 is 1. The van der Waals surface area contributed by atoms with Crippen LogP contribution in [0.3, 0.4) is 0 Å². The van der Waals surface area contributed by atoms with Crippen molar-refractivity contribution >= 4 is 29.1 Å². The lowest BCUT2D eigenvalue weighted by Crippen LogP contribution is -2.38. The highest BCUT2D eigenvalue weighted by atomic mass is 35.5. The molecular formula is C10H14Cl2N2O3. The van der Waals surface area contributed by atoms with Crippen molar-refractivity contribution in [2.45, 2.75) is 12.5 Å². The molecule has 1 heterocycles. The summed E-state index contributed by atoms with van der Waals surface area (Å²) in [6.45, 7) is 0.301. The van der Waals surface area contributed by atoms with E-state index in [0.717, 1.165) is 0 Å². The number of aromatic amines is 1. The van der Waals surface area contributed by atoms with Crippen molar-refractivity contribution in [3.8, 4) is 0 Å². The molecule has 0 saturated carbocycles. The number of ether oxygens (including phenoxy) is 1. The lowest BCUT2D eigenvalue weighted by Gasteiger charge is -2.16. The fourth-order valence-electron chi connectivity index (χ4n) is 1.34. The Kier molecular flexibility index (Phi) is 5.77. The third-order valence-corrected chi connectivity index (χ3v) is 2.84. The van der Waals surface area contributed by atoms with Crippen molar-refractivity contribution in [2.24, 2.45) is 0 Å². The van der Waals surface area contributed by atoms with E-state index < -0.39 is 0 Å². The molecule has 0 aliphatic rings. The molecule has 17 heavy (non-hydrogen) atoms. The highest BCUT2D eigenvalue weighted by Crippen LogP contribution is 2.21. The molecule has 0 aromatic carbocycles. The number of amides is 1. The van der Waals surface area contributed by atoms with E-state index in [1.165, 1.54) is 13.2 Å². The van der Waals surface area contributed by atoms with Crippen LogP contribution in [0.1, 0.15) is 16.9 Å². The first-order valence-electron chi connectivity index (χ1n) is 5.03. The van der Waals surface area contributed by atoms with E-state index in [-0.39, 0.29) is 29.4 Å². The third-order valence-electron chi connectivity index (χ3n) is 2.15. The minimum Gasteiger partial charge on any atom is -0.396 e. The SMILES string of the molecule is COCC(CCO)NC(=O)c1cc(Cl)c(Cl)[nH]1. The first-order valence-corrected chi connectivity index (χ1v) is 5.78. The fraction of sp³-hybridized carbons (Fsp3) is 0.500. The van der Waals surface area contributed by atoms with Crippen LogP contribution < -0.4 is 5.32 Å². The second kappa shape index (κ2) is 6.86. The van der Waals surface area contributed by atoms with Crippen molar-refractivity contribution in [3.05, 3.63) is 21.9 Å². The maximum atomic E-state index is 11.8. The third kappa shape index (κ3) is 4.20. The number of aliphatic hydroxyl groups excluding tert-OH is 1. The summed E-state index contributed by atoms with van der Waals surface area (Å²) in [6, 6.07) is 1.19. The van der Waals surface area contributed by atoms with Gasteiger partial charge in [0, 0.05) is 13.7 Å². The molecular weight excluding hydrogens is 267 g/mol. The summed E-state index contributed by atoms with van der Waals surface area (Å²) in [7, 11) is 1.53. The molecule has 96 valence electrons. The van der Waals surface area contributed by atoms with Crippen molar-refractivity contribution in [3.63, 3.8) is 0 Å². The molecule has 0 bridgehead atoms. The Morgan fingerprint density at radius 3 is 2.82 bits per heavy atom. The van der Waals surface area contributed by atoms with E-state index in [1.807, 2.05) is 0 Å². The first-order chi connectivity index (χ1) is 8.08. The minimum atomic E-state index is -0.339. The highest BCUT2D eigenvalue weighted by Gasteiger charge is 2.16. The van der Waals surface area contributed by atoms with E-state index in [0.29, 0.717) is 18.1 Å². The average molecular weight is 281 g/mol. The van der Waals surface area contributed by atoms with Crippen LogP contribution in [0.25, 0.3) is 0 Å². The molecule has 7 heteroatoms. The molecule has 0 aliphatic heterocycles. The lowest BCUT2D eigenvalue weighted by atomic mass is 10.2. The molecule has 1 unspecified atom stereocenters. The number of aromatic nitrogens is 1. The van der Waals surface area contributed by atoms with E-state index in [1.54, 1.807) is 0 Å². The number of nitrogens with one attached hydrogen (secondary N) is 2. The molecule has 1 amide bonds. The number of rotatable bonds is 6. The van der Waals surface area contributed by atoms with Gasteiger partial charge in [-0.25, -0.2) is 0 Å². The second-order valence-corrected chi connectivity index (χ2v) is 4.27. The molecule has 0 spiro atoms. The quantitative estimate of drug-likeness (QED) is 0.738. The molecule has 3 N–H and O–H groups in total. The van der Waals surface area contributed by atoms with Crippen LogP contribution in [0.4, 0.5) is 0 Å². The molecule has 0 saturated heterocycles. The molecule has 0 radical (unpaired) electrons. The average Bonchev–Trinajstić information content (AvgIpc) is 2.60. The summed E-state index contributed by atoms with van der Waals surface area (Å²) in [4.78, 5) is 14.4. The van der Waals surface area contributed by atoms with Gasteiger partial charge in [-0.05, 0) is 12.5 Å². The van der Waals surface area contributed by atoms with Gasteiger partial charge in [-0.3, -0.25) is 4.79 Å². The summed E-state index contributed by atoms with van der Waals surface area (Å²) in [6.07, 6.45) is 0.418. The summed E-state index contributed by atoms with van der Waals surface area (Å²) < 4.78 is 4.93. The summed E-state index contributed by atoms with van der Waals surface area (Å²) in [5.41, 5.74) is 0.277. The zero-order chi connectivity index (χ0) is 12.8. The second-order valence-electron chi connectivity index (χ2n) is 3.48. The normalized spacial score (nSPS) is 12.5. The van der Waals surface area contributed by atoms with Gasteiger partial charge in [0.25, 0.3) is 5.91 Å². The topological polar surface area (TPSA) is 74.3 Å². The minimum absolute atomic E-state index is 0.0272. The first kappa shape index (κ1) is 14.3. The van der Waals surface area contributed by atoms with Crippen molar-refractivity contribution in [2.75, 3.05) is 20.3 Å². The Morgan fingerprint density at radius 1 is 1.65 bits per heavy atom. The van der Waals surface area contributed by atoms with Gasteiger partial charge in [0.05, 0.1) is 17.7 Å². The van der Waals surface area contributed by atoms with Gasteiger partial charge in [-0.1, -0.05) is 23.2 Å². The van der Waals surface area contributed by atoms with Crippen LogP contribution in [-0.4, -0.2) is 42.4 Å². The number of aliphatic hydroxyl groups is 1. The molecule has 1 aromatic heterocycles. The van der Waals surface area contributed by atoms with Crippen LogP contribution >= 0.6 is 23.2 Å². The standard InChI is InChI=1S/C10H14Cl2N2O3/c1-17-5-6(2-3-15)13-10(16)8-4-7(11)9(12)14-8/h4,6,14-15H,2-3,5H2,1H3,(H,13,16). The number of hydrogen-bond donors (Lipinski definition) is 3. The highest BCUT2D eigenvalue weighted by molar-refractivity contribution is 6.41. The Balaban J connectivity index is 2.63. The zero-order valence-corrected chi connectivity index (χ0v) is 10.8. The van der Waals surface area contributed by atoms with Crippen LogP contribution in [0.15, 0.2) is 6.07 Å². The number of H-pyrrole nitrogens is 1. The Hall–Kier alpha value is -0.750. The maximum absolute atomic E-state index is 11.8. The van der Waals surface area contributed by atoms with Crippen LogP contribution in [0, 0.1) is 0 Å². The van der Waals surface area contributed by atoms with Crippen molar-refractivity contribution in [1.29, 1.82) is 0 Å². The monoisotopic (exact) mass is 280 g/mol. The Bertz CT molecular complexity index is 356. The lowest BCUT2D eigenvalue weighted by molar-refractivity contribution is 0.0874. The predicted molar refractivity (Wildman–Crippen MR) is 65.6 cm³/mol. The number of hydrogen-bond acceptors (Lipinski definition) is 3. The Morgan fingerprint density at radius 2 is 2.35 bits per heavy atom. The van der Waals surface area contributed by atoms with E-state index in [2.05, 4.69) is 10.3 Å². The van der Waals surface area contributed by atoms with Gasteiger partial charge in [0.15, 0.2) is 0 Å². The molecule has 1 atom stereocenters. The molecule has 1 rings (SSSR count). The number of carbonyl (C=O) groups excluding carboxylic acids is 1. The van der Waals surface area contributed by atoms with Gasteiger partial charge in [0.2, 0.25) is 0 Å². The summed E-state index contributed by atoms with van der Waals surface area (Å²) >= 11 is 11.4. The molecule has 1 aromatic rings. The number of halogens is 2. The predicted octanol–water partition coefficient (Wildman–Crippen LogP) is 1.45. The molecule has 5 nitrogen and oxygen atoms in total.